The lowest BCUT2D eigenvalue weighted by Crippen LogP contribution is -2.38. The molecule has 4 atom stereocenters. The predicted molar refractivity (Wildman–Crippen MR) is 201 cm³/mol. The van der Waals surface area contributed by atoms with Gasteiger partial charge in [-0.2, -0.15) is 10.1 Å². The Morgan fingerprint density at radius 1 is 0.983 bits per heavy atom. The first-order valence-electron chi connectivity index (χ1n) is 17.5. The average Bonchev–Trinajstić information content (AvgIpc) is 3.45. The van der Waals surface area contributed by atoms with Crippen LogP contribution in [0.25, 0.3) is 0 Å². The molecule has 4 rings (SSSR count). The Bertz CT molecular complexity index is 2040. The summed E-state index contributed by atoms with van der Waals surface area (Å²) >= 11 is 0. The Morgan fingerprint density at radius 3 is 2.41 bits per heavy atom. The van der Waals surface area contributed by atoms with Gasteiger partial charge in [-0.15, -0.1) is 5.11 Å². The quantitative estimate of drug-likeness (QED) is 0.0384. The van der Waals surface area contributed by atoms with Gasteiger partial charge in [0.1, 0.15) is 35.6 Å². The number of phosphoric acid groups is 2. The number of azo groups is 1. The van der Waals surface area contributed by atoms with Crippen LogP contribution in [-0.4, -0.2) is 116 Å². The number of ether oxygens (including phenoxy) is 3. The van der Waals surface area contributed by atoms with Crippen LogP contribution in [0.15, 0.2) is 63.7 Å². The molecule has 2 aromatic carbocycles. The number of nitrogens with two attached hydrogens (primary N) is 1. The molecule has 3 aromatic rings. The number of phosphoric ester groups is 2. The summed E-state index contributed by atoms with van der Waals surface area (Å²) in [6.45, 7) is 0.700. The van der Waals surface area contributed by atoms with Crippen LogP contribution in [-0.2, 0) is 50.0 Å². The first kappa shape index (κ1) is 46.2. The second kappa shape index (κ2) is 21.5. The normalized spacial score (nSPS) is 18.4. The minimum Gasteiger partial charge on any atom is -0.506 e. The third-order valence-electron chi connectivity index (χ3n) is 8.30. The van der Waals surface area contributed by atoms with E-state index in [2.05, 4.69) is 34.9 Å². The topological polar surface area (TPSA) is 345 Å². The number of aromatic nitrogens is 2. The van der Waals surface area contributed by atoms with Gasteiger partial charge in [0, 0.05) is 43.9 Å². The lowest BCUT2D eigenvalue weighted by molar-refractivity contribution is -0.122. The van der Waals surface area contributed by atoms with Gasteiger partial charge >= 0.3 is 21.3 Å². The molecule has 0 saturated carbocycles. The molecule has 0 radical (unpaired) electrons. The van der Waals surface area contributed by atoms with Crippen molar-refractivity contribution in [3.05, 3.63) is 75.8 Å². The van der Waals surface area contributed by atoms with E-state index in [1.807, 2.05) is 0 Å². The van der Waals surface area contributed by atoms with Gasteiger partial charge in [-0.25, -0.2) is 13.9 Å². The predicted octanol–water partition coefficient (Wildman–Crippen LogP) is 0.866. The molecule has 1 aromatic heterocycles. The van der Waals surface area contributed by atoms with Crippen molar-refractivity contribution in [2.24, 2.45) is 10.2 Å². The lowest BCUT2D eigenvalue weighted by Gasteiger charge is -2.21. The van der Waals surface area contributed by atoms with Crippen molar-refractivity contribution in [2.45, 2.75) is 50.2 Å². The van der Waals surface area contributed by atoms with Crippen molar-refractivity contribution in [2.75, 3.05) is 52.4 Å². The van der Waals surface area contributed by atoms with Crippen molar-refractivity contribution in [1.29, 1.82) is 0 Å². The Kier molecular flexibility index (Phi) is 17.1. The van der Waals surface area contributed by atoms with Crippen LogP contribution in [0.1, 0.15) is 40.6 Å². The van der Waals surface area contributed by atoms with Crippen molar-refractivity contribution in [1.82, 2.24) is 20.2 Å². The zero-order chi connectivity index (χ0) is 42.5. The van der Waals surface area contributed by atoms with Crippen LogP contribution >= 0.6 is 15.6 Å². The molecular formula is C33H45N7O16P2. The molecule has 318 valence electrons. The summed E-state index contributed by atoms with van der Waals surface area (Å²) in [5.41, 5.74) is 6.92. The molecule has 10 N–H and O–H groups in total. The number of carbonyl (C=O) groups is 2. The van der Waals surface area contributed by atoms with Gasteiger partial charge in [0.05, 0.1) is 32.1 Å². The fourth-order valence-corrected chi connectivity index (χ4v) is 6.38. The number of anilines is 1. The molecule has 2 unspecified atom stereocenters. The van der Waals surface area contributed by atoms with E-state index in [0.717, 1.165) is 10.1 Å². The summed E-state index contributed by atoms with van der Waals surface area (Å²) in [5, 5.41) is 34.9. The van der Waals surface area contributed by atoms with E-state index in [-0.39, 0.29) is 61.1 Å². The molecule has 1 aliphatic rings. The minimum absolute atomic E-state index is 0.0947. The van der Waals surface area contributed by atoms with Crippen LogP contribution in [0, 0.1) is 0 Å². The minimum atomic E-state index is -5.26. The molecule has 1 aliphatic heterocycles. The largest absolute Gasteiger partial charge is 0.506 e. The number of amides is 2. The van der Waals surface area contributed by atoms with Crippen molar-refractivity contribution in [3.8, 4) is 5.75 Å². The summed E-state index contributed by atoms with van der Waals surface area (Å²) < 4.78 is 48.1. The Morgan fingerprint density at radius 2 is 1.72 bits per heavy atom. The Balaban J connectivity index is 1.28. The number of aliphatic hydroxyl groups excluding tert-OH is 1. The van der Waals surface area contributed by atoms with Gasteiger partial charge in [-0.05, 0) is 61.2 Å². The fourth-order valence-electron chi connectivity index (χ4n) is 5.46. The molecule has 25 heteroatoms. The molecule has 1 fully saturated rings. The molecule has 58 heavy (non-hydrogen) atoms. The number of benzene rings is 2. The molecule has 0 bridgehead atoms. The second-order valence-corrected chi connectivity index (χ2v) is 15.1. The maximum absolute atomic E-state index is 12.8. The number of aromatic hydroxyl groups is 1. The van der Waals surface area contributed by atoms with E-state index in [1.165, 1.54) is 24.4 Å². The van der Waals surface area contributed by atoms with Gasteiger partial charge in [0.25, 0.3) is 5.91 Å². The zero-order valence-corrected chi connectivity index (χ0v) is 32.8. The highest BCUT2D eigenvalue weighted by atomic mass is 31.2. The number of aryl methyl sites for hydroxylation is 1. The number of nitrogen functional groups attached to an aromatic ring is 1. The van der Waals surface area contributed by atoms with Gasteiger partial charge in [-0.1, -0.05) is 6.07 Å². The first-order valence-corrected chi connectivity index (χ1v) is 20.6. The van der Waals surface area contributed by atoms with Crippen LogP contribution in [0.5, 0.6) is 5.75 Å². The molecule has 2 amide bonds. The second-order valence-electron chi connectivity index (χ2n) is 12.6. The molecular weight excluding hydrogens is 812 g/mol. The van der Waals surface area contributed by atoms with E-state index in [1.54, 1.807) is 31.4 Å². The molecule has 0 spiro atoms. The highest BCUT2D eigenvalue weighted by molar-refractivity contribution is 7.46. The van der Waals surface area contributed by atoms with Crippen molar-refractivity contribution < 1.29 is 71.8 Å². The number of hydrogen-bond acceptors (Lipinski definition) is 16. The van der Waals surface area contributed by atoms with Gasteiger partial charge in [0.2, 0.25) is 5.91 Å². The Hall–Kier alpha value is -4.48. The molecule has 1 saturated heterocycles. The van der Waals surface area contributed by atoms with E-state index >= 15 is 0 Å². The number of aliphatic hydroxyl groups is 1. The highest BCUT2D eigenvalue weighted by Gasteiger charge is 2.49. The molecule has 0 aliphatic carbocycles. The zero-order valence-electron chi connectivity index (χ0n) is 31.0. The summed E-state index contributed by atoms with van der Waals surface area (Å²) in [4.78, 5) is 77.9. The fraction of sp³-hybridized carbons (Fsp3) is 0.455. The summed E-state index contributed by atoms with van der Waals surface area (Å²) in [5.74, 6) is -0.838. The number of hydrogen-bond donors (Lipinski definition) is 9. The molecule has 2 heterocycles. The van der Waals surface area contributed by atoms with Crippen molar-refractivity contribution in [3.63, 3.8) is 0 Å². The van der Waals surface area contributed by atoms with Gasteiger partial charge < -0.3 is 60.4 Å². The number of methoxy groups -OCH3 is 1. The maximum Gasteiger partial charge on any atom is 0.470 e. The summed E-state index contributed by atoms with van der Waals surface area (Å²) in [6, 6.07) is 11.0. The third kappa shape index (κ3) is 14.7. The van der Waals surface area contributed by atoms with Crippen LogP contribution in [0.4, 0.5) is 17.2 Å². The van der Waals surface area contributed by atoms with E-state index in [9.17, 15) is 43.5 Å². The number of nitrogens with zero attached hydrogens (tertiary/aromatic N) is 4. The lowest BCUT2D eigenvalue weighted by atomic mass is 10.1. The van der Waals surface area contributed by atoms with Crippen molar-refractivity contribution >= 4 is 44.7 Å². The van der Waals surface area contributed by atoms with E-state index in [0.29, 0.717) is 37.4 Å². The van der Waals surface area contributed by atoms with E-state index in [4.69, 9.17) is 29.7 Å². The number of carbonyl (C=O) groups excluding carboxylic acids is 2. The summed E-state index contributed by atoms with van der Waals surface area (Å²) in [6.07, 6.45) is -4.76. The van der Waals surface area contributed by atoms with E-state index < -0.39 is 58.4 Å². The van der Waals surface area contributed by atoms with Crippen LogP contribution in [0.2, 0.25) is 0 Å². The Labute approximate surface area is 330 Å². The average molecular weight is 858 g/mol. The summed E-state index contributed by atoms with van der Waals surface area (Å²) in [7, 11) is -8.76. The highest BCUT2D eigenvalue weighted by Crippen LogP contribution is 2.45. The van der Waals surface area contributed by atoms with Gasteiger partial charge in [-0.3, -0.25) is 23.2 Å². The van der Waals surface area contributed by atoms with Crippen LogP contribution < -0.4 is 22.1 Å². The first-order chi connectivity index (χ1) is 27.4. The number of phenols is 1. The SMILES string of the molecule is COCCOCCC(=O)NCCc1ccc(O)c(/N=N/c2ccc(C(=O)NCCCc3cn([C@@H]4O[C@H](COP(=O)(O)O)C(OP(=O)(O)O)C4O)c(=O)nc3N)cc2)c1. The smallest absolute Gasteiger partial charge is 0.470 e. The number of phenolic OH excluding ortho intramolecular Hbond substituents is 1. The number of rotatable bonds is 22. The monoisotopic (exact) mass is 857 g/mol. The standard InChI is InChI=1S/C33H45N7O16P2/c1-52-15-16-53-14-11-27(42)35-13-10-20-4-9-25(41)24(17-20)39-38-23-7-5-21(6-8-23)31(44)36-12-2-3-22-18-40(33(45)37-30(22)34)32-28(43)29(56-58(49,50)51)26(55-32)19-54-57(46,47)48/h4-9,17-18,26,28-29,32,41,43H,2-3,10-16,19H2,1H3,(H,35,42)(H,36,44)(H2,34,37,45)(H2,46,47,48)(H2,49,50,51)/b39-38+/t26-,28?,29?,32-/m1/s1. The third-order valence-corrected chi connectivity index (χ3v) is 9.31. The van der Waals surface area contributed by atoms with Gasteiger partial charge in [0.15, 0.2) is 6.23 Å². The van der Waals surface area contributed by atoms with Crippen LogP contribution in [0.3, 0.4) is 0 Å². The maximum atomic E-state index is 12.8. The number of nitrogens with one attached hydrogen (secondary N) is 2. The molecule has 23 nitrogen and oxygen atoms in total.